The lowest BCUT2D eigenvalue weighted by atomic mass is 10.1. The molecular weight excluding hydrogens is 395 g/mol. The summed E-state index contributed by atoms with van der Waals surface area (Å²) >= 11 is 5.97. The van der Waals surface area contributed by atoms with E-state index in [4.69, 9.17) is 11.6 Å². The van der Waals surface area contributed by atoms with Gasteiger partial charge in [0.05, 0.1) is 6.04 Å². The van der Waals surface area contributed by atoms with Crippen LogP contribution in [0.4, 0.5) is 0 Å². The van der Waals surface area contributed by atoms with E-state index in [1.165, 1.54) is 18.4 Å². The van der Waals surface area contributed by atoms with Crippen molar-refractivity contribution in [2.75, 3.05) is 26.2 Å². The minimum Gasteiger partial charge on any atom is -0.337 e. The van der Waals surface area contributed by atoms with Gasteiger partial charge < -0.3 is 10.2 Å². The minimum atomic E-state index is 0. The van der Waals surface area contributed by atoms with E-state index in [0.29, 0.717) is 17.7 Å². The Labute approximate surface area is 177 Å². The van der Waals surface area contributed by atoms with Gasteiger partial charge in [0, 0.05) is 30.9 Å². The first-order chi connectivity index (χ1) is 13.2. The topological polar surface area (TPSA) is 50.2 Å². The van der Waals surface area contributed by atoms with Crippen LogP contribution < -0.4 is 5.32 Å². The first-order valence-corrected chi connectivity index (χ1v) is 10.4. The average molecular weight is 423 g/mol. The van der Waals surface area contributed by atoms with Crippen LogP contribution in [0.5, 0.6) is 0 Å². The van der Waals surface area contributed by atoms with Crippen molar-refractivity contribution in [2.24, 2.45) is 5.92 Å². The number of hydrogen-bond donors (Lipinski definition) is 1. The van der Waals surface area contributed by atoms with Crippen LogP contribution in [0.3, 0.4) is 0 Å². The van der Waals surface area contributed by atoms with E-state index in [9.17, 15) is 4.79 Å². The number of carbonyl (C=O) groups is 1. The van der Waals surface area contributed by atoms with Crippen LogP contribution in [0, 0.1) is 5.92 Å². The first kappa shape index (κ1) is 21.2. The van der Waals surface area contributed by atoms with Gasteiger partial charge in [-0.15, -0.1) is 12.4 Å². The molecule has 1 amide bonds. The number of piperidine rings is 1. The largest absolute Gasteiger partial charge is 0.337 e. The van der Waals surface area contributed by atoms with Crippen molar-refractivity contribution in [1.82, 2.24) is 20.0 Å². The van der Waals surface area contributed by atoms with Gasteiger partial charge in [0.2, 0.25) is 0 Å². The zero-order valence-corrected chi connectivity index (χ0v) is 17.6. The van der Waals surface area contributed by atoms with Crippen molar-refractivity contribution < 1.29 is 4.79 Å². The fourth-order valence-corrected chi connectivity index (χ4v) is 3.81. The van der Waals surface area contributed by atoms with Gasteiger partial charge in [-0.2, -0.15) is 5.10 Å². The molecule has 1 N–H and O–H groups in total. The maximum Gasteiger partial charge on any atom is 0.274 e. The Hall–Kier alpha value is -1.56. The second-order valence-corrected chi connectivity index (χ2v) is 8.19. The highest BCUT2D eigenvalue weighted by atomic mass is 35.5. The molecule has 7 heteroatoms. The van der Waals surface area contributed by atoms with Crippen LogP contribution in [0.2, 0.25) is 5.02 Å². The van der Waals surface area contributed by atoms with E-state index in [1.54, 1.807) is 0 Å². The number of carbonyl (C=O) groups excluding carboxylic acids is 1. The van der Waals surface area contributed by atoms with Crippen LogP contribution >= 0.6 is 24.0 Å². The highest BCUT2D eigenvalue weighted by molar-refractivity contribution is 6.30. The molecule has 1 aliphatic carbocycles. The predicted octanol–water partition coefficient (Wildman–Crippen LogP) is 3.98. The number of benzene rings is 1. The Balaban J connectivity index is 0.00000225. The fraction of sp³-hybridized carbons (Fsp3) is 0.524. The number of amides is 1. The van der Waals surface area contributed by atoms with Gasteiger partial charge in [-0.3, -0.25) is 9.48 Å². The van der Waals surface area contributed by atoms with Gasteiger partial charge in [-0.1, -0.05) is 23.7 Å². The molecule has 2 aromatic rings. The minimum absolute atomic E-state index is 0. The van der Waals surface area contributed by atoms with Gasteiger partial charge in [-0.05, 0) is 68.3 Å². The molecule has 5 nitrogen and oxygen atoms in total. The molecule has 1 saturated carbocycles. The standard InChI is InChI=1S/C21H27ClN4O.ClH/c22-18-7-5-16(6-8-18)9-12-25(15-17-3-4-17)21(27)20-10-13-26(24-20)19-2-1-11-23-14-19;/h5-8,10,13,17,19,23H,1-4,9,11-12,14-15H2;1H. The van der Waals surface area contributed by atoms with Gasteiger partial charge in [0.1, 0.15) is 5.69 Å². The molecule has 1 unspecified atom stereocenters. The molecule has 2 aliphatic rings. The van der Waals surface area contributed by atoms with Crippen molar-refractivity contribution in [3.63, 3.8) is 0 Å². The molecule has 1 aromatic carbocycles. The molecule has 0 radical (unpaired) electrons. The molecule has 2 heterocycles. The summed E-state index contributed by atoms with van der Waals surface area (Å²) in [6.45, 7) is 3.56. The van der Waals surface area contributed by atoms with Crippen molar-refractivity contribution in [3.8, 4) is 0 Å². The van der Waals surface area contributed by atoms with Crippen LogP contribution in [0.15, 0.2) is 36.5 Å². The third-order valence-corrected chi connectivity index (χ3v) is 5.77. The van der Waals surface area contributed by atoms with Gasteiger partial charge in [0.15, 0.2) is 0 Å². The van der Waals surface area contributed by atoms with E-state index < -0.39 is 0 Å². The SMILES string of the molecule is Cl.O=C(c1ccn(C2CCCNC2)n1)N(CCc1ccc(Cl)cc1)CC1CC1. The van der Waals surface area contributed by atoms with Crippen molar-refractivity contribution in [1.29, 1.82) is 0 Å². The molecule has 0 bridgehead atoms. The summed E-state index contributed by atoms with van der Waals surface area (Å²) in [5, 5.41) is 8.77. The molecule has 1 aliphatic heterocycles. The van der Waals surface area contributed by atoms with Crippen LogP contribution in [-0.2, 0) is 6.42 Å². The van der Waals surface area contributed by atoms with Crippen LogP contribution in [0.25, 0.3) is 0 Å². The third-order valence-electron chi connectivity index (χ3n) is 5.52. The number of hydrogen-bond acceptors (Lipinski definition) is 3. The Morgan fingerprint density at radius 2 is 2.00 bits per heavy atom. The molecule has 28 heavy (non-hydrogen) atoms. The quantitative estimate of drug-likeness (QED) is 0.733. The Kier molecular flexibility index (Phi) is 7.38. The summed E-state index contributed by atoms with van der Waals surface area (Å²) in [5.41, 5.74) is 1.77. The van der Waals surface area contributed by atoms with Gasteiger partial charge >= 0.3 is 0 Å². The molecule has 4 rings (SSSR count). The second kappa shape index (κ2) is 9.77. The summed E-state index contributed by atoms with van der Waals surface area (Å²) in [7, 11) is 0. The lowest BCUT2D eigenvalue weighted by molar-refractivity contribution is 0.0742. The zero-order chi connectivity index (χ0) is 18.6. The van der Waals surface area contributed by atoms with E-state index >= 15 is 0 Å². The predicted molar refractivity (Wildman–Crippen MR) is 114 cm³/mol. The molecule has 1 saturated heterocycles. The molecule has 1 aromatic heterocycles. The number of halogens is 2. The fourth-order valence-electron chi connectivity index (χ4n) is 3.68. The number of aromatic nitrogens is 2. The number of nitrogens with zero attached hydrogens (tertiary/aromatic N) is 3. The van der Waals surface area contributed by atoms with E-state index in [1.807, 2.05) is 46.1 Å². The molecule has 0 spiro atoms. The summed E-state index contributed by atoms with van der Waals surface area (Å²) in [4.78, 5) is 15.1. The van der Waals surface area contributed by atoms with Crippen LogP contribution in [-0.4, -0.2) is 46.8 Å². The highest BCUT2D eigenvalue weighted by Gasteiger charge is 2.28. The van der Waals surface area contributed by atoms with Crippen LogP contribution in [0.1, 0.15) is 47.8 Å². The zero-order valence-electron chi connectivity index (χ0n) is 16.0. The summed E-state index contributed by atoms with van der Waals surface area (Å²) in [5.74, 6) is 0.710. The normalized spacial score (nSPS) is 19.1. The molecule has 2 fully saturated rings. The molecular formula is C21H28Cl2N4O. The average Bonchev–Trinajstić information content (AvgIpc) is 3.38. The lowest BCUT2D eigenvalue weighted by Gasteiger charge is -2.23. The third kappa shape index (κ3) is 5.49. The smallest absolute Gasteiger partial charge is 0.274 e. The molecule has 1 atom stereocenters. The maximum atomic E-state index is 13.1. The monoisotopic (exact) mass is 422 g/mol. The Bertz CT molecular complexity index is 767. The van der Waals surface area contributed by atoms with Gasteiger partial charge in [0.25, 0.3) is 5.91 Å². The second-order valence-electron chi connectivity index (χ2n) is 7.75. The van der Waals surface area contributed by atoms with E-state index in [2.05, 4.69) is 10.4 Å². The number of nitrogens with one attached hydrogen (secondary N) is 1. The van der Waals surface area contributed by atoms with Crippen molar-refractivity contribution >= 4 is 29.9 Å². The van der Waals surface area contributed by atoms with Crippen molar-refractivity contribution in [3.05, 3.63) is 52.8 Å². The first-order valence-electron chi connectivity index (χ1n) is 9.98. The summed E-state index contributed by atoms with van der Waals surface area (Å²) < 4.78 is 1.97. The van der Waals surface area contributed by atoms with Crippen molar-refractivity contribution in [2.45, 2.75) is 38.1 Å². The van der Waals surface area contributed by atoms with Gasteiger partial charge in [-0.25, -0.2) is 0 Å². The lowest BCUT2D eigenvalue weighted by Crippen LogP contribution is -2.35. The van der Waals surface area contributed by atoms with E-state index in [0.717, 1.165) is 50.5 Å². The Morgan fingerprint density at radius 1 is 1.21 bits per heavy atom. The molecule has 152 valence electrons. The maximum absolute atomic E-state index is 13.1. The summed E-state index contributed by atoms with van der Waals surface area (Å²) in [6.07, 6.45) is 7.52. The number of rotatable bonds is 7. The highest BCUT2D eigenvalue weighted by Crippen LogP contribution is 2.30. The Morgan fingerprint density at radius 3 is 2.68 bits per heavy atom. The summed E-state index contributed by atoms with van der Waals surface area (Å²) in [6, 6.07) is 10.1. The van der Waals surface area contributed by atoms with E-state index in [-0.39, 0.29) is 18.3 Å².